The summed E-state index contributed by atoms with van der Waals surface area (Å²) in [5.41, 5.74) is 4.55. The molecule has 1 aromatic heterocycles. The van der Waals surface area contributed by atoms with Crippen LogP contribution in [0.5, 0.6) is 0 Å². The summed E-state index contributed by atoms with van der Waals surface area (Å²) >= 11 is 6.32. The topological polar surface area (TPSA) is 12.9 Å². The normalized spacial score (nSPS) is 11.0. The lowest BCUT2D eigenvalue weighted by atomic mass is 10.1. The van der Waals surface area contributed by atoms with Gasteiger partial charge in [-0.1, -0.05) is 31.0 Å². The van der Waals surface area contributed by atoms with Gasteiger partial charge in [-0.3, -0.25) is 4.98 Å². The number of nitrogens with zero attached hydrogens (tertiary/aromatic N) is 1. The maximum absolute atomic E-state index is 6.32. The lowest BCUT2D eigenvalue weighted by molar-refractivity contribution is 0.890. The molecule has 16 heavy (non-hydrogen) atoms. The Morgan fingerprint density at radius 2 is 1.94 bits per heavy atom. The van der Waals surface area contributed by atoms with Crippen LogP contribution < -0.4 is 0 Å². The van der Waals surface area contributed by atoms with Gasteiger partial charge in [-0.2, -0.15) is 0 Å². The molecule has 0 saturated carbocycles. The van der Waals surface area contributed by atoms with Crippen LogP contribution >= 0.6 is 11.6 Å². The Bertz CT molecular complexity index is 532. The maximum atomic E-state index is 6.32. The molecule has 0 aliphatic carbocycles. The second-order valence-corrected chi connectivity index (χ2v) is 4.73. The molecule has 2 heteroatoms. The van der Waals surface area contributed by atoms with Gasteiger partial charge in [0.15, 0.2) is 0 Å². The van der Waals surface area contributed by atoms with E-state index >= 15 is 0 Å². The Labute approximate surface area is 101 Å². The monoisotopic (exact) mass is 233 g/mol. The minimum absolute atomic E-state index is 0.825. The van der Waals surface area contributed by atoms with Crippen LogP contribution in [0, 0.1) is 13.8 Å². The van der Waals surface area contributed by atoms with Crippen molar-refractivity contribution in [1.82, 2.24) is 4.98 Å². The van der Waals surface area contributed by atoms with Crippen molar-refractivity contribution in [3.63, 3.8) is 0 Å². The zero-order valence-electron chi connectivity index (χ0n) is 9.97. The van der Waals surface area contributed by atoms with Gasteiger partial charge in [0.25, 0.3) is 0 Å². The summed E-state index contributed by atoms with van der Waals surface area (Å²) in [5.74, 6) is 0. The van der Waals surface area contributed by atoms with E-state index in [2.05, 4.69) is 37.9 Å². The summed E-state index contributed by atoms with van der Waals surface area (Å²) in [6.07, 6.45) is 2.09. The Kier molecular flexibility index (Phi) is 3.15. The average Bonchev–Trinajstić information content (AvgIpc) is 2.15. The summed E-state index contributed by atoms with van der Waals surface area (Å²) in [4.78, 5) is 4.66. The first-order valence-corrected chi connectivity index (χ1v) is 6.06. The summed E-state index contributed by atoms with van der Waals surface area (Å²) in [5, 5.41) is 1.91. The van der Waals surface area contributed by atoms with Crippen LogP contribution in [-0.4, -0.2) is 4.98 Å². The fourth-order valence-corrected chi connectivity index (χ4v) is 2.51. The second-order valence-electron chi connectivity index (χ2n) is 4.32. The van der Waals surface area contributed by atoms with E-state index in [9.17, 15) is 0 Å². The number of pyridine rings is 1. The third kappa shape index (κ3) is 2.05. The van der Waals surface area contributed by atoms with Crippen LogP contribution in [0.2, 0.25) is 5.02 Å². The standard InChI is InChI=1S/C14H16ClN/c1-4-5-11-8-12(15)14-10(3)6-9(2)7-13(14)16-11/h6-8H,4-5H2,1-3H3. The zero-order valence-corrected chi connectivity index (χ0v) is 10.7. The molecule has 0 amide bonds. The molecule has 0 radical (unpaired) electrons. The molecule has 0 fully saturated rings. The molecule has 1 aromatic carbocycles. The molecule has 2 aromatic rings. The van der Waals surface area contributed by atoms with Gasteiger partial charge in [0.2, 0.25) is 0 Å². The van der Waals surface area contributed by atoms with Crippen LogP contribution in [0.4, 0.5) is 0 Å². The van der Waals surface area contributed by atoms with E-state index in [-0.39, 0.29) is 0 Å². The highest BCUT2D eigenvalue weighted by Gasteiger charge is 2.07. The Hall–Kier alpha value is -1.08. The van der Waals surface area contributed by atoms with Gasteiger partial charge in [-0.15, -0.1) is 0 Å². The highest BCUT2D eigenvalue weighted by atomic mass is 35.5. The van der Waals surface area contributed by atoms with Crippen LogP contribution in [-0.2, 0) is 6.42 Å². The van der Waals surface area contributed by atoms with Gasteiger partial charge < -0.3 is 0 Å². The van der Waals surface area contributed by atoms with Crippen molar-refractivity contribution in [2.45, 2.75) is 33.6 Å². The summed E-state index contributed by atoms with van der Waals surface area (Å²) in [6.45, 7) is 6.33. The van der Waals surface area contributed by atoms with Gasteiger partial charge in [-0.05, 0) is 43.5 Å². The summed E-state index contributed by atoms with van der Waals surface area (Å²) in [7, 11) is 0. The Balaban J connectivity index is 2.71. The first-order valence-electron chi connectivity index (χ1n) is 5.68. The largest absolute Gasteiger partial charge is 0.253 e. The van der Waals surface area contributed by atoms with Crippen LogP contribution in [0.15, 0.2) is 18.2 Å². The highest BCUT2D eigenvalue weighted by molar-refractivity contribution is 6.35. The number of hydrogen-bond acceptors (Lipinski definition) is 1. The molecule has 2 rings (SSSR count). The molecule has 0 aliphatic rings. The van der Waals surface area contributed by atoms with Crippen molar-refractivity contribution in [2.24, 2.45) is 0 Å². The lowest BCUT2D eigenvalue weighted by Crippen LogP contribution is -1.93. The minimum atomic E-state index is 0.825. The lowest BCUT2D eigenvalue weighted by Gasteiger charge is -2.08. The van der Waals surface area contributed by atoms with Crippen LogP contribution in [0.3, 0.4) is 0 Å². The number of aromatic nitrogens is 1. The summed E-state index contributed by atoms with van der Waals surface area (Å²) < 4.78 is 0. The highest BCUT2D eigenvalue weighted by Crippen LogP contribution is 2.27. The van der Waals surface area contributed by atoms with E-state index < -0.39 is 0 Å². The van der Waals surface area contributed by atoms with E-state index in [0.29, 0.717) is 0 Å². The first kappa shape index (κ1) is 11.4. The van der Waals surface area contributed by atoms with E-state index in [4.69, 9.17) is 11.6 Å². The van der Waals surface area contributed by atoms with E-state index in [1.165, 1.54) is 11.1 Å². The number of fused-ring (bicyclic) bond motifs is 1. The van der Waals surface area contributed by atoms with Gasteiger partial charge >= 0.3 is 0 Å². The van der Waals surface area contributed by atoms with E-state index in [0.717, 1.165) is 34.5 Å². The van der Waals surface area contributed by atoms with Crippen molar-refractivity contribution >= 4 is 22.5 Å². The number of hydrogen-bond donors (Lipinski definition) is 0. The smallest absolute Gasteiger partial charge is 0.0725 e. The Morgan fingerprint density at radius 3 is 2.62 bits per heavy atom. The second kappa shape index (κ2) is 4.42. The quantitative estimate of drug-likeness (QED) is 0.747. The molecule has 1 nitrogen and oxygen atoms in total. The molecule has 0 spiro atoms. The molecular weight excluding hydrogens is 218 g/mol. The maximum Gasteiger partial charge on any atom is 0.0725 e. The molecule has 0 aliphatic heterocycles. The molecule has 0 saturated heterocycles. The molecule has 1 heterocycles. The van der Waals surface area contributed by atoms with Gasteiger partial charge in [0.1, 0.15) is 0 Å². The fraction of sp³-hybridized carbons (Fsp3) is 0.357. The average molecular weight is 234 g/mol. The zero-order chi connectivity index (χ0) is 11.7. The predicted octanol–water partition coefficient (Wildman–Crippen LogP) is 4.46. The molecule has 0 bridgehead atoms. The van der Waals surface area contributed by atoms with Gasteiger partial charge in [-0.25, -0.2) is 0 Å². The van der Waals surface area contributed by atoms with Gasteiger partial charge in [0.05, 0.1) is 10.5 Å². The fourth-order valence-electron chi connectivity index (χ4n) is 2.13. The van der Waals surface area contributed by atoms with Crippen LogP contribution in [0.1, 0.15) is 30.2 Å². The molecule has 0 unspecified atom stereocenters. The SMILES string of the molecule is CCCc1cc(Cl)c2c(C)cc(C)cc2n1. The third-order valence-corrected chi connectivity index (χ3v) is 3.06. The van der Waals surface area contributed by atoms with Crippen molar-refractivity contribution in [3.05, 3.63) is 40.0 Å². The number of aryl methyl sites for hydroxylation is 3. The molecule has 84 valence electrons. The first-order chi connectivity index (χ1) is 7.61. The van der Waals surface area contributed by atoms with E-state index in [1.54, 1.807) is 0 Å². The third-order valence-electron chi connectivity index (χ3n) is 2.76. The molecular formula is C14H16ClN. The Morgan fingerprint density at radius 1 is 1.19 bits per heavy atom. The molecule has 0 N–H and O–H groups in total. The molecule has 0 atom stereocenters. The van der Waals surface area contributed by atoms with Crippen molar-refractivity contribution < 1.29 is 0 Å². The van der Waals surface area contributed by atoms with Crippen molar-refractivity contribution in [3.8, 4) is 0 Å². The van der Waals surface area contributed by atoms with E-state index in [1.807, 2.05) is 6.07 Å². The minimum Gasteiger partial charge on any atom is -0.253 e. The number of rotatable bonds is 2. The van der Waals surface area contributed by atoms with Crippen molar-refractivity contribution in [2.75, 3.05) is 0 Å². The van der Waals surface area contributed by atoms with Crippen LogP contribution in [0.25, 0.3) is 10.9 Å². The predicted molar refractivity (Wildman–Crippen MR) is 70.2 cm³/mol. The summed E-state index contributed by atoms with van der Waals surface area (Å²) in [6, 6.07) is 6.25. The number of benzene rings is 1. The van der Waals surface area contributed by atoms with Crippen molar-refractivity contribution in [1.29, 1.82) is 0 Å². The number of halogens is 1. The van der Waals surface area contributed by atoms with Gasteiger partial charge in [0, 0.05) is 11.1 Å².